The molecule has 3 aliphatic carbocycles. The number of ketones is 1. The number of epoxide rings is 1. The maximum Gasteiger partial charge on any atom is 0.253 e. The van der Waals surface area contributed by atoms with Crippen molar-refractivity contribution in [1.29, 1.82) is 0 Å². The third kappa shape index (κ3) is 3.24. The molecular weight excluding hydrogens is 485 g/mol. The van der Waals surface area contributed by atoms with Gasteiger partial charge in [-0.05, 0) is 58.9 Å². The molecule has 11 heteroatoms. The third-order valence-corrected chi connectivity index (χ3v) is 8.28. The molecule has 1 aliphatic heterocycles. The second-order valence-corrected chi connectivity index (χ2v) is 10.8. The van der Waals surface area contributed by atoms with Crippen molar-refractivity contribution in [1.82, 2.24) is 9.80 Å². The number of Topliss-reactive ketones (excluding diaryl/α,β-unsaturated/α-hetero) is 1. The van der Waals surface area contributed by atoms with Gasteiger partial charge >= 0.3 is 0 Å². The van der Waals surface area contributed by atoms with Crippen LogP contribution in [0, 0.1) is 17.7 Å². The molecule has 1 spiro atoms. The highest BCUT2D eigenvalue weighted by atomic mass is 19.1. The second kappa shape index (κ2) is 8.26. The first kappa shape index (κ1) is 25.7. The van der Waals surface area contributed by atoms with Crippen LogP contribution in [0.5, 0.6) is 5.75 Å². The van der Waals surface area contributed by atoms with Gasteiger partial charge in [0.15, 0.2) is 5.60 Å². The highest BCUT2D eigenvalue weighted by Gasteiger charge is 2.85. The molecule has 1 saturated heterocycles. The molecule has 1 amide bonds. The fourth-order valence-electron chi connectivity index (χ4n) is 6.83. The number of halogens is 1. The minimum atomic E-state index is -2.45. The Morgan fingerprint density at radius 2 is 1.95 bits per heavy atom. The summed E-state index contributed by atoms with van der Waals surface area (Å²) in [5.41, 5.74) is 3.02. The first-order valence-corrected chi connectivity index (χ1v) is 12.3. The van der Waals surface area contributed by atoms with Crippen molar-refractivity contribution in [2.45, 2.75) is 50.2 Å². The van der Waals surface area contributed by atoms with E-state index in [1.165, 1.54) is 6.07 Å². The van der Waals surface area contributed by atoms with Gasteiger partial charge in [-0.25, -0.2) is 4.39 Å². The molecule has 1 unspecified atom stereocenters. The summed E-state index contributed by atoms with van der Waals surface area (Å²) >= 11 is 0. The van der Waals surface area contributed by atoms with Gasteiger partial charge in [-0.2, -0.15) is 0 Å². The monoisotopic (exact) mass is 517 g/mol. The van der Waals surface area contributed by atoms with E-state index in [0.717, 1.165) is 13.0 Å². The smallest absolute Gasteiger partial charge is 0.253 e. The Hall–Kier alpha value is -2.99. The number of phenolic OH excluding ortho intramolecular Hbond substituents is 1. The highest BCUT2D eigenvalue weighted by molar-refractivity contribution is 6.14. The molecule has 5 rings (SSSR count). The SMILES string of the molecule is CCCN(C)Cc1cc(O)c2c(c1F)C[C@H]1C[C@H]3[C@H](N(C)C)C(O)=C(C(N)=O)C4(O)O[C@]34C(=O)C1=C2O. The van der Waals surface area contributed by atoms with Gasteiger partial charge in [-0.15, -0.1) is 0 Å². The van der Waals surface area contributed by atoms with Crippen LogP contribution in [-0.2, 0) is 27.3 Å². The molecule has 10 nitrogen and oxygen atoms in total. The fraction of sp³-hybridized carbons (Fsp3) is 0.538. The normalized spacial score (nSPS) is 32.3. The van der Waals surface area contributed by atoms with Crippen molar-refractivity contribution < 1.29 is 39.1 Å². The molecule has 37 heavy (non-hydrogen) atoms. The van der Waals surface area contributed by atoms with Crippen LogP contribution in [0.4, 0.5) is 4.39 Å². The van der Waals surface area contributed by atoms with Crippen LogP contribution in [-0.4, -0.2) is 87.0 Å². The van der Waals surface area contributed by atoms with Crippen molar-refractivity contribution in [3.8, 4) is 5.75 Å². The molecule has 5 atom stereocenters. The van der Waals surface area contributed by atoms with Crippen LogP contribution in [0.2, 0.25) is 0 Å². The van der Waals surface area contributed by atoms with Crippen LogP contribution < -0.4 is 5.73 Å². The van der Waals surface area contributed by atoms with Crippen molar-refractivity contribution in [2.24, 2.45) is 17.6 Å². The second-order valence-electron chi connectivity index (χ2n) is 10.8. The number of carbonyl (C=O) groups excluding carboxylic acids is 2. The van der Waals surface area contributed by atoms with Crippen LogP contribution in [0.15, 0.2) is 23.0 Å². The number of aromatic hydroxyl groups is 1. The van der Waals surface area contributed by atoms with Crippen molar-refractivity contribution in [2.75, 3.05) is 27.7 Å². The standard InChI is InChI=1S/C26H32FN3O7/c1-5-6-30(4)10-12-9-15(31)17-13(19(12)27)7-11-8-14-20(29(2)3)22(33)18(24(28)35)26(36)25(14,37-26)23(34)16(11)21(17)32/h9,11,14,20,31-33,36H,5-8,10H2,1-4H3,(H2,28,35)/t11-,14-,20-,25-,26?/m0/s1. The number of nitrogens with zero attached hydrogens (tertiary/aromatic N) is 2. The number of phenols is 1. The summed E-state index contributed by atoms with van der Waals surface area (Å²) in [5, 5.41) is 44.2. The Balaban J connectivity index is 1.64. The van der Waals surface area contributed by atoms with Crippen LogP contribution >= 0.6 is 0 Å². The number of ether oxygens (including phenoxy) is 1. The van der Waals surface area contributed by atoms with E-state index in [1.54, 1.807) is 19.0 Å². The Morgan fingerprint density at radius 3 is 2.54 bits per heavy atom. The third-order valence-electron chi connectivity index (χ3n) is 8.28. The van der Waals surface area contributed by atoms with E-state index < -0.39 is 63.9 Å². The Kier molecular flexibility index (Phi) is 5.72. The molecule has 0 bridgehead atoms. The predicted octanol–water partition coefficient (Wildman–Crippen LogP) is 1.10. The van der Waals surface area contributed by atoms with E-state index in [9.17, 15) is 30.0 Å². The summed E-state index contributed by atoms with van der Waals surface area (Å²) in [6.45, 7) is 2.99. The lowest BCUT2D eigenvalue weighted by Gasteiger charge is -2.45. The molecule has 0 radical (unpaired) electrons. The molecule has 1 aromatic rings. The van der Waals surface area contributed by atoms with E-state index in [-0.39, 0.29) is 47.4 Å². The van der Waals surface area contributed by atoms with E-state index in [4.69, 9.17) is 10.5 Å². The summed E-state index contributed by atoms with van der Waals surface area (Å²) in [4.78, 5) is 29.7. The number of aliphatic hydroxyl groups excluding tert-OH is 2. The van der Waals surface area contributed by atoms with Crippen molar-refractivity contribution >= 4 is 17.4 Å². The predicted molar refractivity (Wildman–Crippen MR) is 130 cm³/mol. The average molecular weight is 518 g/mol. The summed E-state index contributed by atoms with van der Waals surface area (Å²) in [5.74, 6) is -7.82. The number of hydrogen-bond donors (Lipinski definition) is 5. The Labute approximate surface area is 213 Å². The van der Waals surface area contributed by atoms with Crippen molar-refractivity contribution in [3.05, 3.63) is 45.5 Å². The molecule has 1 aromatic carbocycles. The van der Waals surface area contributed by atoms with Gasteiger partial charge in [0, 0.05) is 29.2 Å². The number of aliphatic hydroxyl groups is 3. The zero-order valence-corrected chi connectivity index (χ0v) is 21.2. The fourth-order valence-corrected chi connectivity index (χ4v) is 6.83. The Morgan fingerprint density at radius 1 is 1.27 bits per heavy atom. The van der Waals surface area contributed by atoms with Gasteiger partial charge in [0.05, 0.1) is 11.6 Å². The van der Waals surface area contributed by atoms with Gasteiger partial charge in [0.2, 0.25) is 11.6 Å². The number of hydrogen-bond acceptors (Lipinski definition) is 9. The minimum absolute atomic E-state index is 0.0174. The highest BCUT2D eigenvalue weighted by Crippen LogP contribution is 2.67. The van der Waals surface area contributed by atoms with Crippen molar-refractivity contribution in [3.63, 3.8) is 0 Å². The molecule has 4 aliphatic rings. The Bertz CT molecular complexity index is 1290. The maximum atomic E-state index is 15.7. The number of likely N-dealkylation sites (N-methyl/N-ethyl adjacent to an activating group) is 1. The van der Waals surface area contributed by atoms with Gasteiger partial charge in [0.25, 0.3) is 5.91 Å². The molecule has 6 N–H and O–H groups in total. The quantitative estimate of drug-likeness (QED) is 0.348. The summed E-state index contributed by atoms with van der Waals surface area (Å²) in [7, 11) is 5.12. The number of benzene rings is 1. The average Bonchev–Trinajstić information content (AvgIpc) is 3.42. The maximum absolute atomic E-state index is 15.7. The van der Waals surface area contributed by atoms with Gasteiger partial charge in [-0.3, -0.25) is 14.5 Å². The molecule has 2 fully saturated rings. The number of amides is 1. The van der Waals surface area contributed by atoms with Crippen LogP contribution in [0.3, 0.4) is 0 Å². The van der Waals surface area contributed by atoms with Crippen LogP contribution in [0.1, 0.15) is 36.5 Å². The van der Waals surface area contributed by atoms with E-state index in [0.29, 0.717) is 0 Å². The molecule has 0 aromatic heterocycles. The largest absolute Gasteiger partial charge is 0.510 e. The number of fused-ring (bicyclic) bond motifs is 2. The first-order valence-electron chi connectivity index (χ1n) is 12.3. The van der Waals surface area contributed by atoms with Gasteiger partial charge in [-0.1, -0.05) is 6.92 Å². The van der Waals surface area contributed by atoms with E-state index in [2.05, 4.69) is 0 Å². The summed E-state index contributed by atoms with van der Waals surface area (Å²) < 4.78 is 21.3. The molecule has 1 heterocycles. The van der Waals surface area contributed by atoms with E-state index >= 15 is 4.39 Å². The minimum Gasteiger partial charge on any atom is -0.510 e. The molecule has 200 valence electrons. The number of rotatable bonds is 6. The lowest BCUT2D eigenvalue weighted by Crippen LogP contribution is -2.60. The summed E-state index contributed by atoms with van der Waals surface area (Å²) in [6.07, 6.45) is 1.02. The van der Waals surface area contributed by atoms with E-state index in [1.807, 2.05) is 18.9 Å². The lowest BCUT2D eigenvalue weighted by atomic mass is 9.58. The number of primary amides is 1. The zero-order valence-electron chi connectivity index (χ0n) is 21.2. The van der Waals surface area contributed by atoms with Gasteiger partial charge < -0.3 is 35.8 Å². The van der Waals surface area contributed by atoms with Gasteiger partial charge in [0.1, 0.15) is 28.7 Å². The zero-order chi connectivity index (χ0) is 27.2. The first-order chi connectivity index (χ1) is 17.3. The molecule has 1 saturated carbocycles. The summed E-state index contributed by atoms with van der Waals surface area (Å²) in [6, 6.07) is 0.358. The number of carbonyl (C=O) groups is 2. The number of nitrogens with two attached hydrogens (primary N) is 1. The lowest BCUT2D eigenvalue weighted by molar-refractivity contribution is -0.127. The van der Waals surface area contributed by atoms with Crippen LogP contribution in [0.25, 0.3) is 5.76 Å². The topological polar surface area (TPSA) is 160 Å². The molecular formula is C26H32FN3O7.